The summed E-state index contributed by atoms with van der Waals surface area (Å²) < 4.78 is 22.1. The number of aliphatic hydroxyl groups is 1. The van der Waals surface area contributed by atoms with E-state index in [9.17, 15) is 14.7 Å². The molecule has 33 heavy (non-hydrogen) atoms. The fraction of sp³-hybridized carbons (Fsp3) is 0.667. The third-order valence-corrected chi connectivity index (χ3v) is 6.21. The maximum atomic E-state index is 13.3. The quantitative estimate of drug-likeness (QED) is 0.175. The second-order valence-electron chi connectivity index (χ2n) is 7.92. The predicted octanol–water partition coefficient (Wildman–Crippen LogP) is -1.02. The standard InChI is InChI=1S/C20H28N2O7.CH3NO2/c1-4-27-5-6-28-7-8-29-18-11(2)16(24)15-14(17(18)25)12(10-23)20(26-3)19-13(21-19)9-22(15)20;2-1(3)4/h12-13,19,21,23H,4-10H2,1-3H3;2H2,(H,3,4). The van der Waals surface area contributed by atoms with Gasteiger partial charge in [0.05, 0.1) is 44.1 Å². The molecule has 184 valence electrons. The Kier molecular flexibility index (Phi) is 7.75. The van der Waals surface area contributed by atoms with Crippen LogP contribution in [0, 0.1) is 5.92 Å². The number of rotatable bonds is 10. The molecule has 4 atom stereocenters. The summed E-state index contributed by atoms with van der Waals surface area (Å²) in [5, 5.41) is 20.7. The van der Waals surface area contributed by atoms with Gasteiger partial charge in [-0.3, -0.25) is 9.59 Å². The Morgan fingerprint density at radius 1 is 1.21 bits per heavy atom. The number of nitrogens with two attached hydrogens (primary N) is 1. The maximum Gasteiger partial charge on any atom is 0.402 e. The Labute approximate surface area is 191 Å². The van der Waals surface area contributed by atoms with Gasteiger partial charge in [-0.25, -0.2) is 4.79 Å². The third kappa shape index (κ3) is 4.36. The molecule has 0 aromatic heterocycles. The molecule has 12 heteroatoms. The molecule has 4 unspecified atom stereocenters. The number of carboxylic acid groups (broad SMARTS) is 1. The average Bonchev–Trinajstić information content (AvgIpc) is 3.38. The predicted molar refractivity (Wildman–Crippen MR) is 113 cm³/mol. The number of Topliss-reactive ketones (excluding diaryl/α,β-unsaturated/α-hetero) is 2. The van der Waals surface area contributed by atoms with Crippen LogP contribution in [0.1, 0.15) is 13.8 Å². The van der Waals surface area contributed by atoms with Crippen LogP contribution in [0.2, 0.25) is 0 Å². The zero-order valence-corrected chi connectivity index (χ0v) is 19.0. The van der Waals surface area contributed by atoms with E-state index >= 15 is 0 Å². The number of amides is 1. The Hall–Kier alpha value is -2.51. The molecule has 4 rings (SSSR count). The molecule has 5 N–H and O–H groups in total. The summed E-state index contributed by atoms with van der Waals surface area (Å²) in [6, 6.07) is 0.191. The van der Waals surface area contributed by atoms with Crippen molar-refractivity contribution in [1.82, 2.24) is 10.2 Å². The van der Waals surface area contributed by atoms with Crippen molar-refractivity contribution in [2.24, 2.45) is 11.7 Å². The van der Waals surface area contributed by atoms with Gasteiger partial charge in [0, 0.05) is 37.4 Å². The van der Waals surface area contributed by atoms with Gasteiger partial charge < -0.3 is 45.1 Å². The maximum absolute atomic E-state index is 13.3. The molecule has 3 heterocycles. The number of hydrogen-bond acceptors (Lipinski definition) is 10. The second kappa shape index (κ2) is 10.2. The number of carbonyl (C=O) groups is 3. The van der Waals surface area contributed by atoms with Gasteiger partial charge in [0.25, 0.3) is 0 Å². The molecule has 2 fully saturated rings. The largest absolute Gasteiger partial charge is 0.487 e. The van der Waals surface area contributed by atoms with E-state index in [0.717, 1.165) is 0 Å². The molecule has 2 saturated heterocycles. The molecule has 0 aromatic rings. The van der Waals surface area contributed by atoms with Crippen LogP contribution < -0.4 is 11.1 Å². The molecule has 0 bridgehead atoms. The van der Waals surface area contributed by atoms with Crippen molar-refractivity contribution in [3.8, 4) is 0 Å². The fourth-order valence-electron chi connectivity index (χ4n) is 4.86. The number of allylic oxidation sites excluding steroid dienone is 2. The van der Waals surface area contributed by atoms with Gasteiger partial charge in [0.2, 0.25) is 11.6 Å². The van der Waals surface area contributed by atoms with Crippen molar-refractivity contribution in [2.75, 3.05) is 53.3 Å². The number of methoxy groups -OCH3 is 1. The smallest absolute Gasteiger partial charge is 0.402 e. The van der Waals surface area contributed by atoms with E-state index in [1.807, 2.05) is 11.8 Å². The summed E-state index contributed by atoms with van der Waals surface area (Å²) >= 11 is 0. The van der Waals surface area contributed by atoms with Crippen molar-refractivity contribution < 1.29 is 43.5 Å². The normalized spacial score (nSPS) is 29.5. The van der Waals surface area contributed by atoms with E-state index in [-0.39, 0.29) is 54.8 Å². The molecule has 1 aliphatic carbocycles. The van der Waals surface area contributed by atoms with Crippen LogP contribution >= 0.6 is 0 Å². The first-order valence-electron chi connectivity index (χ1n) is 10.8. The molecule has 0 saturated carbocycles. The van der Waals surface area contributed by atoms with E-state index in [0.29, 0.717) is 37.6 Å². The number of primary amides is 1. The van der Waals surface area contributed by atoms with Crippen molar-refractivity contribution >= 4 is 17.7 Å². The van der Waals surface area contributed by atoms with Gasteiger partial charge in [0.1, 0.15) is 6.61 Å². The van der Waals surface area contributed by atoms with Gasteiger partial charge in [-0.15, -0.1) is 0 Å². The monoisotopic (exact) mass is 469 g/mol. The molecule has 1 amide bonds. The second-order valence-corrected chi connectivity index (χ2v) is 7.92. The summed E-state index contributed by atoms with van der Waals surface area (Å²) in [7, 11) is 1.56. The van der Waals surface area contributed by atoms with E-state index in [2.05, 4.69) is 11.1 Å². The third-order valence-electron chi connectivity index (χ3n) is 6.21. The molecule has 0 aromatic carbocycles. The summed E-state index contributed by atoms with van der Waals surface area (Å²) in [5.41, 5.74) is 4.04. The summed E-state index contributed by atoms with van der Waals surface area (Å²) in [5.74, 6) is -1.18. The minimum absolute atomic E-state index is 0.0146. The molecule has 4 aliphatic rings. The molecule has 12 nitrogen and oxygen atoms in total. The highest BCUT2D eigenvalue weighted by molar-refractivity contribution is 6.25. The van der Waals surface area contributed by atoms with Crippen LogP contribution in [0.15, 0.2) is 22.6 Å². The summed E-state index contributed by atoms with van der Waals surface area (Å²) in [4.78, 5) is 37.1. The average molecular weight is 469 g/mol. The van der Waals surface area contributed by atoms with Gasteiger partial charge in [-0.1, -0.05) is 0 Å². The van der Waals surface area contributed by atoms with Crippen molar-refractivity contribution in [2.45, 2.75) is 31.7 Å². The molecule has 0 radical (unpaired) electrons. The fourth-order valence-corrected chi connectivity index (χ4v) is 4.86. The van der Waals surface area contributed by atoms with Crippen LogP contribution in [0.25, 0.3) is 0 Å². The van der Waals surface area contributed by atoms with Crippen LogP contribution in [-0.4, -0.2) is 104 Å². The highest BCUT2D eigenvalue weighted by Crippen LogP contribution is 2.55. The minimum atomic E-state index is -1.33. The van der Waals surface area contributed by atoms with Gasteiger partial charge in [-0.05, 0) is 13.8 Å². The van der Waals surface area contributed by atoms with Crippen molar-refractivity contribution in [3.63, 3.8) is 0 Å². The number of hydrogen-bond donors (Lipinski definition) is 4. The molecular weight excluding hydrogens is 438 g/mol. The van der Waals surface area contributed by atoms with Crippen LogP contribution in [-0.2, 0) is 28.5 Å². The van der Waals surface area contributed by atoms with Crippen LogP contribution in [0.5, 0.6) is 0 Å². The zero-order valence-electron chi connectivity index (χ0n) is 19.0. The van der Waals surface area contributed by atoms with E-state index in [1.54, 1.807) is 14.0 Å². The lowest BCUT2D eigenvalue weighted by Crippen LogP contribution is -2.54. The van der Waals surface area contributed by atoms with Crippen LogP contribution in [0.3, 0.4) is 0 Å². The van der Waals surface area contributed by atoms with Crippen LogP contribution in [0.4, 0.5) is 4.79 Å². The zero-order chi connectivity index (χ0) is 24.3. The lowest BCUT2D eigenvalue weighted by molar-refractivity contribution is -0.137. The Morgan fingerprint density at radius 2 is 1.85 bits per heavy atom. The Morgan fingerprint density at radius 3 is 2.45 bits per heavy atom. The Bertz CT molecular complexity index is 867. The van der Waals surface area contributed by atoms with Crippen molar-refractivity contribution in [1.29, 1.82) is 0 Å². The minimum Gasteiger partial charge on any atom is -0.487 e. The van der Waals surface area contributed by atoms with Gasteiger partial charge in [-0.2, -0.15) is 0 Å². The number of ketones is 2. The summed E-state index contributed by atoms with van der Waals surface area (Å²) in [6.45, 7) is 5.78. The summed E-state index contributed by atoms with van der Waals surface area (Å²) in [6.07, 6.45) is -1.33. The topological polar surface area (TPSA) is 180 Å². The molecule has 3 aliphatic heterocycles. The number of carbonyl (C=O) groups excluding carboxylic acids is 2. The molecule has 0 spiro atoms. The number of piperazine rings is 1. The SMILES string of the molecule is CCOCCOCCOC1=C(C)C(=O)C2=C(C1=O)C(CO)C1(OC)C3NC3CN21.NC(=O)O. The number of fused-ring (bicyclic) bond motifs is 4. The molecular formula is C21H31N3O9. The van der Waals surface area contributed by atoms with Crippen molar-refractivity contribution in [3.05, 3.63) is 22.6 Å². The van der Waals surface area contributed by atoms with E-state index in [1.165, 1.54) is 0 Å². The highest BCUT2D eigenvalue weighted by Gasteiger charge is 2.72. The number of nitrogens with zero attached hydrogens (tertiary/aromatic N) is 1. The lowest BCUT2D eigenvalue weighted by atomic mass is 9.83. The first-order valence-corrected chi connectivity index (χ1v) is 10.8. The highest BCUT2D eigenvalue weighted by atomic mass is 16.5. The first kappa shape index (κ1) is 25.1. The van der Waals surface area contributed by atoms with E-state index in [4.69, 9.17) is 28.8 Å². The lowest BCUT2D eigenvalue weighted by Gasteiger charge is -2.39. The number of nitrogens with one attached hydrogen (secondary N) is 1. The van der Waals surface area contributed by atoms with E-state index < -0.39 is 17.7 Å². The number of ether oxygens (including phenoxy) is 4. The van der Waals surface area contributed by atoms with Gasteiger partial charge >= 0.3 is 6.09 Å². The Balaban J connectivity index is 0.000000709. The number of aliphatic hydroxyl groups excluding tert-OH is 1. The first-order chi connectivity index (χ1) is 15.8. The van der Waals surface area contributed by atoms with Gasteiger partial charge in [0.15, 0.2) is 11.5 Å².